The Balaban J connectivity index is 1.39. The molecule has 0 unspecified atom stereocenters. The number of nitrogens with zero attached hydrogens (tertiary/aromatic N) is 4. The van der Waals surface area contributed by atoms with Gasteiger partial charge in [-0.1, -0.05) is 11.8 Å². The monoisotopic (exact) mass is 387 g/mol. The van der Waals surface area contributed by atoms with Gasteiger partial charge in [0.2, 0.25) is 18.6 Å². The van der Waals surface area contributed by atoms with Gasteiger partial charge in [-0.2, -0.15) is 5.10 Å². The maximum Gasteiger partial charge on any atom is 0.277 e. The zero-order valence-electron chi connectivity index (χ0n) is 15.0. The van der Waals surface area contributed by atoms with Gasteiger partial charge < -0.3 is 19.2 Å². The van der Waals surface area contributed by atoms with Crippen LogP contribution in [-0.2, 0) is 11.8 Å². The van der Waals surface area contributed by atoms with Gasteiger partial charge in [0.1, 0.15) is 0 Å². The average Bonchev–Trinajstić information content (AvgIpc) is 3.36. The Labute approximate surface area is 159 Å². The van der Waals surface area contributed by atoms with Crippen LogP contribution in [0.25, 0.3) is 11.5 Å². The first kappa shape index (κ1) is 17.4. The summed E-state index contributed by atoms with van der Waals surface area (Å²) in [4.78, 5) is 12.2. The Morgan fingerprint density at radius 1 is 1.26 bits per heavy atom. The maximum absolute atomic E-state index is 12.2. The molecular weight excluding hydrogens is 370 g/mol. The van der Waals surface area contributed by atoms with Gasteiger partial charge in [0.25, 0.3) is 5.22 Å². The van der Waals surface area contributed by atoms with Crippen LogP contribution in [-0.4, -0.2) is 38.4 Å². The first-order chi connectivity index (χ1) is 13.0. The number of aromatic nitrogens is 4. The van der Waals surface area contributed by atoms with Crippen molar-refractivity contribution in [3.05, 3.63) is 29.6 Å². The molecule has 0 saturated carbocycles. The second-order valence-corrected chi connectivity index (χ2v) is 6.87. The van der Waals surface area contributed by atoms with Crippen LogP contribution in [0.1, 0.15) is 11.4 Å². The van der Waals surface area contributed by atoms with Crippen molar-refractivity contribution in [2.45, 2.75) is 19.1 Å². The van der Waals surface area contributed by atoms with E-state index in [-0.39, 0.29) is 18.5 Å². The molecule has 3 aromatic rings. The lowest BCUT2D eigenvalue weighted by Gasteiger charge is -2.04. The summed E-state index contributed by atoms with van der Waals surface area (Å²) in [5.41, 5.74) is 3.13. The number of thioether (sulfide) groups is 1. The van der Waals surface area contributed by atoms with E-state index in [4.69, 9.17) is 13.9 Å². The summed E-state index contributed by atoms with van der Waals surface area (Å²) < 4.78 is 18.0. The molecule has 0 bridgehead atoms. The summed E-state index contributed by atoms with van der Waals surface area (Å²) in [6, 6.07) is 5.39. The number of aryl methyl sites for hydroxylation is 2. The minimum Gasteiger partial charge on any atom is -0.454 e. The third-order valence-corrected chi connectivity index (χ3v) is 4.94. The average molecular weight is 387 g/mol. The van der Waals surface area contributed by atoms with Crippen LogP contribution in [0.2, 0.25) is 0 Å². The van der Waals surface area contributed by atoms with Crippen LogP contribution in [0.4, 0.5) is 5.69 Å². The number of nitrogens with one attached hydrogen (secondary N) is 1. The Hall–Kier alpha value is -3.01. The van der Waals surface area contributed by atoms with Gasteiger partial charge in [0, 0.05) is 12.6 Å². The highest BCUT2D eigenvalue weighted by Crippen LogP contribution is 2.36. The molecule has 4 rings (SSSR count). The minimum absolute atomic E-state index is 0.149. The maximum atomic E-state index is 12.2. The smallest absolute Gasteiger partial charge is 0.277 e. The molecule has 9 nitrogen and oxygen atoms in total. The Morgan fingerprint density at radius 3 is 2.85 bits per heavy atom. The summed E-state index contributed by atoms with van der Waals surface area (Å²) in [6.45, 7) is 3.96. The lowest BCUT2D eigenvalue weighted by Crippen LogP contribution is -2.15. The number of hydrogen-bond donors (Lipinski definition) is 1. The molecule has 1 N–H and O–H groups in total. The SMILES string of the molecule is Cc1nn(C)c(C)c1NC(=O)CSc1nnc(-c2ccc3c(c2)OCO3)o1. The Morgan fingerprint density at radius 2 is 2.07 bits per heavy atom. The van der Waals surface area contributed by atoms with Gasteiger partial charge >= 0.3 is 0 Å². The summed E-state index contributed by atoms with van der Waals surface area (Å²) >= 11 is 1.17. The Kier molecular flexibility index (Phi) is 4.48. The van der Waals surface area contributed by atoms with E-state index in [0.29, 0.717) is 22.6 Å². The van der Waals surface area contributed by atoms with Crippen molar-refractivity contribution in [2.75, 3.05) is 17.9 Å². The van der Waals surface area contributed by atoms with Crippen LogP contribution in [0.3, 0.4) is 0 Å². The van der Waals surface area contributed by atoms with Crippen molar-refractivity contribution >= 4 is 23.4 Å². The summed E-state index contributed by atoms with van der Waals surface area (Å²) in [7, 11) is 1.84. The zero-order valence-corrected chi connectivity index (χ0v) is 15.8. The van der Waals surface area contributed by atoms with Crippen molar-refractivity contribution in [3.8, 4) is 23.0 Å². The van der Waals surface area contributed by atoms with Crippen molar-refractivity contribution in [2.24, 2.45) is 7.05 Å². The molecule has 0 saturated heterocycles. The third-order valence-electron chi connectivity index (χ3n) is 4.13. The standard InChI is InChI=1S/C17H17N5O4S/c1-9-15(10(2)22(3)21-9)18-14(23)7-27-17-20-19-16(26-17)11-4-5-12-13(6-11)25-8-24-12/h4-6H,7-8H2,1-3H3,(H,18,23). The lowest BCUT2D eigenvalue weighted by atomic mass is 10.2. The van der Waals surface area contributed by atoms with E-state index in [1.54, 1.807) is 16.8 Å². The van der Waals surface area contributed by atoms with E-state index in [0.717, 1.165) is 22.6 Å². The van der Waals surface area contributed by atoms with Gasteiger partial charge in [0.05, 0.1) is 22.8 Å². The predicted molar refractivity (Wildman–Crippen MR) is 97.9 cm³/mol. The number of amides is 1. The normalized spacial score (nSPS) is 12.4. The fourth-order valence-electron chi connectivity index (χ4n) is 2.67. The minimum atomic E-state index is -0.165. The number of anilines is 1. The highest BCUT2D eigenvalue weighted by Gasteiger charge is 2.18. The fraction of sp³-hybridized carbons (Fsp3) is 0.294. The molecule has 0 aliphatic carbocycles. The number of carbonyl (C=O) groups is 1. The molecule has 1 aromatic carbocycles. The van der Waals surface area contributed by atoms with Crippen molar-refractivity contribution < 1.29 is 18.7 Å². The van der Waals surface area contributed by atoms with Crippen molar-refractivity contribution in [1.29, 1.82) is 0 Å². The van der Waals surface area contributed by atoms with Crippen molar-refractivity contribution in [1.82, 2.24) is 20.0 Å². The van der Waals surface area contributed by atoms with E-state index in [1.165, 1.54) is 11.8 Å². The number of carbonyl (C=O) groups excluding carboxylic acids is 1. The fourth-order valence-corrected chi connectivity index (χ4v) is 3.23. The van der Waals surface area contributed by atoms with Gasteiger partial charge in [-0.25, -0.2) is 0 Å². The topological polar surface area (TPSA) is 104 Å². The Bertz CT molecular complexity index is 1010. The van der Waals surface area contributed by atoms with E-state index in [9.17, 15) is 4.79 Å². The van der Waals surface area contributed by atoms with Crippen LogP contribution in [0.5, 0.6) is 11.5 Å². The summed E-state index contributed by atoms with van der Waals surface area (Å²) in [5.74, 6) is 1.67. The third kappa shape index (κ3) is 3.47. The second kappa shape index (κ2) is 6.95. The molecule has 0 radical (unpaired) electrons. The molecule has 1 aliphatic heterocycles. The van der Waals surface area contributed by atoms with Gasteiger partial charge in [-0.15, -0.1) is 10.2 Å². The molecule has 140 valence electrons. The van der Waals surface area contributed by atoms with Gasteiger partial charge in [-0.3, -0.25) is 9.48 Å². The summed E-state index contributed by atoms with van der Waals surface area (Å²) in [6.07, 6.45) is 0. The van der Waals surface area contributed by atoms with Crippen LogP contribution in [0, 0.1) is 13.8 Å². The highest BCUT2D eigenvalue weighted by molar-refractivity contribution is 7.99. The first-order valence-electron chi connectivity index (χ1n) is 8.17. The molecule has 0 fully saturated rings. The van der Waals surface area contributed by atoms with Crippen molar-refractivity contribution in [3.63, 3.8) is 0 Å². The van der Waals surface area contributed by atoms with Gasteiger partial charge in [0.15, 0.2) is 11.5 Å². The summed E-state index contributed by atoms with van der Waals surface area (Å²) in [5, 5.41) is 15.5. The molecule has 1 aliphatic rings. The number of ether oxygens (including phenoxy) is 2. The number of fused-ring (bicyclic) bond motifs is 1. The molecule has 27 heavy (non-hydrogen) atoms. The molecule has 1 amide bonds. The second-order valence-electron chi connectivity index (χ2n) is 5.95. The largest absolute Gasteiger partial charge is 0.454 e. The van der Waals surface area contributed by atoms with E-state index >= 15 is 0 Å². The number of rotatable bonds is 5. The van der Waals surface area contributed by atoms with Crippen LogP contribution in [0.15, 0.2) is 27.8 Å². The van der Waals surface area contributed by atoms with E-state index in [1.807, 2.05) is 27.0 Å². The predicted octanol–water partition coefficient (Wildman–Crippen LogP) is 2.55. The zero-order chi connectivity index (χ0) is 19.0. The number of hydrogen-bond acceptors (Lipinski definition) is 8. The quantitative estimate of drug-likeness (QED) is 0.666. The highest BCUT2D eigenvalue weighted by atomic mass is 32.2. The van der Waals surface area contributed by atoms with Gasteiger partial charge in [-0.05, 0) is 32.0 Å². The molecule has 0 spiro atoms. The molecule has 3 heterocycles. The van der Waals surface area contributed by atoms with Crippen LogP contribution < -0.4 is 14.8 Å². The molecule has 2 aromatic heterocycles. The van der Waals surface area contributed by atoms with E-state index < -0.39 is 0 Å². The number of benzene rings is 1. The van der Waals surface area contributed by atoms with E-state index in [2.05, 4.69) is 20.6 Å². The molecule has 0 atom stereocenters. The molecule has 10 heteroatoms. The first-order valence-corrected chi connectivity index (χ1v) is 9.16. The molecular formula is C17H17N5O4S. The lowest BCUT2D eigenvalue weighted by molar-refractivity contribution is -0.113. The van der Waals surface area contributed by atoms with Crippen LogP contribution >= 0.6 is 11.8 Å².